The number of nitrogens with zero attached hydrogens (tertiary/aromatic N) is 1. The van der Waals surface area contributed by atoms with Crippen molar-refractivity contribution in [2.75, 3.05) is 5.32 Å². The highest BCUT2D eigenvalue weighted by Crippen LogP contribution is 2.26. The highest BCUT2D eigenvalue weighted by Gasteiger charge is 2.11. The van der Waals surface area contributed by atoms with Crippen LogP contribution < -0.4 is 5.32 Å². The number of nitrogens with one attached hydrogen (secondary N) is 1. The maximum atomic E-state index is 9.07. The monoisotopic (exact) mass is 304 g/mol. The smallest absolute Gasteiger partial charge is 0.126 e. The summed E-state index contributed by atoms with van der Waals surface area (Å²) in [6, 6.07) is 11.6. The number of benzene rings is 1. The van der Waals surface area contributed by atoms with Crippen molar-refractivity contribution >= 4 is 21.6 Å². The quantitative estimate of drug-likeness (QED) is 0.914. The van der Waals surface area contributed by atoms with Gasteiger partial charge in [-0.2, -0.15) is 5.26 Å². The Labute approximate surface area is 115 Å². The molecule has 0 aliphatic heterocycles. The largest absolute Gasteiger partial charge is 0.464 e. The summed E-state index contributed by atoms with van der Waals surface area (Å²) in [5.41, 5.74) is 1.42. The third-order valence-corrected chi connectivity index (χ3v) is 3.16. The van der Waals surface area contributed by atoms with E-state index in [2.05, 4.69) is 27.3 Å². The van der Waals surface area contributed by atoms with Gasteiger partial charge in [0.15, 0.2) is 0 Å². The zero-order valence-corrected chi connectivity index (χ0v) is 11.8. The van der Waals surface area contributed by atoms with Crippen LogP contribution >= 0.6 is 15.9 Å². The van der Waals surface area contributed by atoms with E-state index in [1.165, 1.54) is 0 Å². The summed E-state index contributed by atoms with van der Waals surface area (Å²) in [7, 11) is 0. The Morgan fingerprint density at radius 3 is 2.72 bits per heavy atom. The lowest BCUT2D eigenvalue weighted by Gasteiger charge is -2.14. The van der Waals surface area contributed by atoms with Gasteiger partial charge in [-0.3, -0.25) is 0 Å². The molecular formula is C14H13BrN2O. The van der Waals surface area contributed by atoms with Crippen molar-refractivity contribution in [2.45, 2.75) is 19.9 Å². The molecule has 2 aromatic rings. The summed E-state index contributed by atoms with van der Waals surface area (Å²) >= 11 is 3.40. The second-order valence-corrected chi connectivity index (χ2v) is 5.03. The number of rotatable bonds is 3. The molecule has 2 rings (SSSR count). The second kappa shape index (κ2) is 5.28. The number of aryl methyl sites for hydroxylation is 1. The molecule has 3 nitrogen and oxygen atoms in total. The van der Waals surface area contributed by atoms with Crippen LogP contribution in [0.1, 0.15) is 30.0 Å². The third kappa shape index (κ3) is 2.74. The van der Waals surface area contributed by atoms with E-state index in [1.54, 1.807) is 6.07 Å². The fourth-order valence-corrected chi connectivity index (χ4v) is 2.08. The van der Waals surface area contributed by atoms with Crippen molar-refractivity contribution in [3.63, 3.8) is 0 Å². The lowest BCUT2D eigenvalue weighted by Crippen LogP contribution is -2.06. The van der Waals surface area contributed by atoms with E-state index >= 15 is 0 Å². The average Bonchev–Trinajstić information content (AvgIpc) is 2.76. The van der Waals surface area contributed by atoms with Gasteiger partial charge in [-0.15, -0.1) is 0 Å². The lowest BCUT2D eigenvalue weighted by atomic mass is 10.1. The fraction of sp³-hybridized carbons (Fsp3) is 0.214. The molecule has 1 heterocycles. The third-order valence-electron chi connectivity index (χ3n) is 2.66. The Balaban J connectivity index is 2.24. The molecule has 1 unspecified atom stereocenters. The molecule has 1 atom stereocenters. The van der Waals surface area contributed by atoms with Crippen LogP contribution in [-0.2, 0) is 0 Å². The van der Waals surface area contributed by atoms with Crippen molar-refractivity contribution < 1.29 is 4.42 Å². The first kappa shape index (κ1) is 12.7. The van der Waals surface area contributed by atoms with Crippen LogP contribution in [0.4, 0.5) is 5.69 Å². The van der Waals surface area contributed by atoms with E-state index in [0.717, 1.165) is 21.7 Å². The first-order valence-corrected chi connectivity index (χ1v) is 6.42. The molecule has 0 saturated carbocycles. The molecule has 0 bridgehead atoms. The molecule has 1 aromatic heterocycles. The molecule has 1 N–H and O–H groups in total. The minimum atomic E-state index is 0.0140. The molecule has 0 radical (unpaired) electrons. The average molecular weight is 305 g/mol. The number of nitriles is 1. The summed E-state index contributed by atoms with van der Waals surface area (Å²) in [6.45, 7) is 3.91. The van der Waals surface area contributed by atoms with Gasteiger partial charge in [0.05, 0.1) is 17.3 Å². The van der Waals surface area contributed by atoms with Gasteiger partial charge in [0.1, 0.15) is 17.6 Å². The second-order valence-electron chi connectivity index (χ2n) is 4.12. The Morgan fingerprint density at radius 2 is 2.11 bits per heavy atom. The van der Waals surface area contributed by atoms with Gasteiger partial charge in [0, 0.05) is 4.47 Å². The maximum absolute atomic E-state index is 9.07. The number of halogens is 1. The summed E-state index contributed by atoms with van der Waals surface area (Å²) in [4.78, 5) is 0. The van der Waals surface area contributed by atoms with Crippen molar-refractivity contribution in [3.8, 4) is 6.07 Å². The molecule has 92 valence electrons. The molecule has 0 amide bonds. The van der Waals surface area contributed by atoms with E-state index in [9.17, 15) is 0 Å². The normalized spacial score (nSPS) is 11.9. The zero-order valence-electron chi connectivity index (χ0n) is 10.2. The minimum absolute atomic E-state index is 0.0140. The van der Waals surface area contributed by atoms with Crippen LogP contribution in [0, 0.1) is 18.3 Å². The van der Waals surface area contributed by atoms with Crippen LogP contribution in [-0.4, -0.2) is 0 Å². The summed E-state index contributed by atoms with van der Waals surface area (Å²) < 4.78 is 6.50. The lowest BCUT2D eigenvalue weighted by molar-refractivity contribution is 0.467. The Morgan fingerprint density at radius 1 is 1.33 bits per heavy atom. The van der Waals surface area contributed by atoms with E-state index < -0.39 is 0 Å². The first-order chi connectivity index (χ1) is 8.60. The highest BCUT2D eigenvalue weighted by molar-refractivity contribution is 9.10. The van der Waals surface area contributed by atoms with Gasteiger partial charge in [0.2, 0.25) is 0 Å². The van der Waals surface area contributed by atoms with Gasteiger partial charge in [0.25, 0.3) is 0 Å². The predicted octanol–water partition coefficient (Wildman–Crippen LogP) is 4.40. The molecule has 0 spiro atoms. The summed E-state index contributed by atoms with van der Waals surface area (Å²) in [5.74, 6) is 1.74. The molecule has 0 saturated heterocycles. The molecule has 18 heavy (non-hydrogen) atoms. The fourth-order valence-electron chi connectivity index (χ4n) is 1.72. The first-order valence-electron chi connectivity index (χ1n) is 5.62. The minimum Gasteiger partial charge on any atom is -0.464 e. The number of hydrogen-bond donors (Lipinski definition) is 1. The van der Waals surface area contributed by atoms with Gasteiger partial charge >= 0.3 is 0 Å². The van der Waals surface area contributed by atoms with Gasteiger partial charge in [-0.1, -0.05) is 15.9 Å². The van der Waals surface area contributed by atoms with Crippen LogP contribution in [0.5, 0.6) is 0 Å². The molecule has 1 aromatic carbocycles. The molecule has 0 aliphatic carbocycles. The van der Waals surface area contributed by atoms with E-state index in [1.807, 2.05) is 38.1 Å². The topological polar surface area (TPSA) is 49.0 Å². The van der Waals surface area contributed by atoms with Gasteiger partial charge < -0.3 is 9.73 Å². The number of anilines is 1. The van der Waals surface area contributed by atoms with E-state index in [4.69, 9.17) is 9.68 Å². The van der Waals surface area contributed by atoms with Crippen LogP contribution in [0.25, 0.3) is 0 Å². The standard InChI is InChI=1S/C14H13BrN2O/c1-9-3-6-14(18-9)10(2)17-13-7-12(15)5-4-11(13)8-16/h3-7,10,17H,1-2H3. The SMILES string of the molecule is Cc1ccc(C(C)Nc2cc(Br)ccc2C#N)o1. The number of furan rings is 1. The predicted molar refractivity (Wildman–Crippen MR) is 74.3 cm³/mol. The van der Waals surface area contributed by atoms with Crippen molar-refractivity contribution in [1.82, 2.24) is 0 Å². The van der Waals surface area contributed by atoms with Crippen LogP contribution in [0.15, 0.2) is 39.2 Å². The zero-order chi connectivity index (χ0) is 13.1. The molecule has 0 fully saturated rings. The summed E-state index contributed by atoms with van der Waals surface area (Å²) in [5, 5.41) is 12.4. The number of hydrogen-bond acceptors (Lipinski definition) is 3. The highest BCUT2D eigenvalue weighted by atomic mass is 79.9. The van der Waals surface area contributed by atoms with Crippen molar-refractivity contribution in [1.29, 1.82) is 5.26 Å². The van der Waals surface area contributed by atoms with Crippen LogP contribution in [0.3, 0.4) is 0 Å². The maximum Gasteiger partial charge on any atom is 0.126 e. The molecular weight excluding hydrogens is 292 g/mol. The van der Waals surface area contributed by atoms with Crippen molar-refractivity contribution in [2.24, 2.45) is 0 Å². The Bertz CT molecular complexity index is 598. The van der Waals surface area contributed by atoms with E-state index in [0.29, 0.717) is 5.56 Å². The van der Waals surface area contributed by atoms with E-state index in [-0.39, 0.29) is 6.04 Å². The van der Waals surface area contributed by atoms with Gasteiger partial charge in [-0.05, 0) is 44.2 Å². The van der Waals surface area contributed by atoms with Gasteiger partial charge in [-0.25, -0.2) is 0 Å². The Hall–Kier alpha value is -1.73. The van der Waals surface area contributed by atoms with Crippen LogP contribution in [0.2, 0.25) is 0 Å². The van der Waals surface area contributed by atoms with Crippen molar-refractivity contribution in [3.05, 3.63) is 51.9 Å². The summed E-state index contributed by atoms with van der Waals surface area (Å²) in [6.07, 6.45) is 0. The molecule has 4 heteroatoms. The Kier molecular flexibility index (Phi) is 3.73. The molecule has 0 aliphatic rings.